The standard InChI is InChI=1S/C32H31ClN4O5S/c1-23-8-16-29(17-9-23)43(40,41)37(30-18-27(33)13-10-24(30)2)21-31(38)36-35-20-26-11-14-28(15-12-26)42-22-32(39)34-19-25-6-4-3-5-7-25/h3-18,20H,19,21-22H2,1-2H3,(H,34,39)(H,36,38)/b35-20-. The first-order valence-corrected chi connectivity index (χ1v) is 15.1. The van der Waals surface area contributed by atoms with Crippen LogP contribution in [-0.4, -0.2) is 39.6 Å². The summed E-state index contributed by atoms with van der Waals surface area (Å²) in [6, 6.07) is 27.6. The van der Waals surface area contributed by atoms with Gasteiger partial charge in [-0.15, -0.1) is 0 Å². The maximum absolute atomic E-state index is 13.6. The van der Waals surface area contributed by atoms with E-state index < -0.39 is 22.5 Å². The van der Waals surface area contributed by atoms with E-state index in [9.17, 15) is 18.0 Å². The minimum atomic E-state index is -4.10. The molecule has 43 heavy (non-hydrogen) atoms. The summed E-state index contributed by atoms with van der Waals surface area (Å²) in [7, 11) is -4.10. The van der Waals surface area contributed by atoms with Crippen molar-refractivity contribution in [1.82, 2.24) is 10.7 Å². The normalized spacial score (nSPS) is 11.2. The Morgan fingerprint density at radius 3 is 2.30 bits per heavy atom. The summed E-state index contributed by atoms with van der Waals surface area (Å²) in [6.07, 6.45) is 1.41. The first kappa shape index (κ1) is 31.3. The number of aryl methyl sites for hydroxylation is 2. The number of hydrogen-bond donors (Lipinski definition) is 2. The van der Waals surface area contributed by atoms with Crippen LogP contribution in [0.4, 0.5) is 5.69 Å². The Labute approximate surface area is 256 Å². The summed E-state index contributed by atoms with van der Waals surface area (Å²) in [6.45, 7) is 3.36. The summed E-state index contributed by atoms with van der Waals surface area (Å²) in [5, 5.41) is 7.11. The number of nitrogens with zero attached hydrogens (tertiary/aromatic N) is 2. The van der Waals surface area contributed by atoms with Gasteiger partial charge in [0.2, 0.25) is 0 Å². The monoisotopic (exact) mass is 618 g/mol. The van der Waals surface area contributed by atoms with E-state index >= 15 is 0 Å². The number of benzene rings is 4. The van der Waals surface area contributed by atoms with E-state index in [-0.39, 0.29) is 23.1 Å². The summed E-state index contributed by atoms with van der Waals surface area (Å²) >= 11 is 6.17. The molecule has 2 N–H and O–H groups in total. The second kappa shape index (κ2) is 14.5. The fourth-order valence-corrected chi connectivity index (χ4v) is 5.62. The number of ether oxygens (including phenoxy) is 1. The van der Waals surface area contributed by atoms with Crippen molar-refractivity contribution in [3.05, 3.63) is 124 Å². The molecule has 0 aliphatic heterocycles. The van der Waals surface area contributed by atoms with Crippen LogP contribution in [-0.2, 0) is 26.2 Å². The van der Waals surface area contributed by atoms with Crippen LogP contribution in [0.3, 0.4) is 0 Å². The van der Waals surface area contributed by atoms with Gasteiger partial charge in [-0.3, -0.25) is 13.9 Å². The molecule has 0 atom stereocenters. The van der Waals surface area contributed by atoms with Crippen molar-refractivity contribution in [2.45, 2.75) is 25.3 Å². The number of amides is 2. The number of hydrazone groups is 1. The van der Waals surface area contributed by atoms with Gasteiger partial charge in [0.05, 0.1) is 16.8 Å². The van der Waals surface area contributed by atoms with Crippen molar-refractivity contribution in [1.29, 1.82) is 0 Å². The van der Waals surface area contributed by atoms with Gasteiger partial charge in [-0.05, 0) is 79.1 Å². The number of carbonyl (C=O) groups is 2. The maximum atomic E-state index is 13.6. The van der Waals surface area contributed by atoms with E-state index in [1.807, 2.05) is 37.3 Å². The van der Waals surface area contributed by atoms with Gasteiger partial charge in [0.25, 0.3) is 21.8 Å². The molecule has 0 aliphatic carbocycles. The Morgan fingerprint density at radius 1 is 0.907 bits per heavy atom. The molecule has 0 heterocycles. The van der Waals surface area contributed by atoms with Gasteiger partial charge in [-0.1, -0.05) is 65.7 Å². The number of anilines is 1. The zero-order valence-corrected chi connectivity index (χ0v) is 25.2. The summed E-state index contributed by atoms with van der Waals surface area (Å²) in [4.78, 5) is 25.0. The molecule has 2 amide bonds. The zero-order valence-electron chi connectivity index (χ0n) is 23.7. The second-order valence-electron chi connectivity index (χ2n) is 9.67. The summed E-state index contributed by atoms with van der Waals surface area (Å²) < 4.78 is 33.7. The molecular weight excluding hydrogens is 588 g/mol. The minimum absolute atomic E-state index is 0.0461. The van der Waals surface area contributed by atoms with Crippen molar-refractivity contribution in [2.75, 3.05) is 17.5 Å². The van der Waals surface area contributed by atoms with Crippen LogP contribution in [0.1, 0.15) is 22.3 Å². The Morgan fingerprint density at radius 2 is 1.60 bits per heavy atom. The topological polar surface area (TPSA) is 117 Å². The molecule has 0 spiro atoms. The third-order valence-corrected chi connectivity index (χ3v) is 8.33. The molecule has 0 saturated heterocycles. The SMILES string of the molecule is Cc1ccc(S(=O)(=O)N(CC(=O)N/N=C\c2ccc(OCC(=O)NCc3ccccc3)cc2)c2cc(Cl)ccc2C)cc1. The molecule has 9 nitrogen and oxygen atoms in total. The van der Waals surface area contributed by atoms with Gasteiger partial charge in [0, 0.05) is 11.6 Å². The molecule has 4 rings (SSSR count). The molecule has 0 aliphatic rings. The van der Waals surface area contributed by atoms with Crippen molar-refractivity contribution < 1.29 is 22.7 Å². The van der Waals surface area contributed by atoms with Crippen LogP contribution in [0.2, 0.25) is 5.02 Å². The average Bonchev–Trinajstić information content (AvgIpc) is 3.00. The van der Waals surface area contributed by atoms with Gasteiger partial charge >= 0.3 is 0 Å². The number of carbonyl (C=O) groups excluding carboxylic acids is 2. The number of halogens is 1. The van der Waals surface area contributed by atoms with Gasteiger partial charge in [0.15, 0.2) is 6.61 Å². The fraction of sp³-hybridized carbons (Fsp3) is 0.156. The highest BCUT2D eigenvalue weighted by Gasteiger charge is 2.28. The Hall–Kier alpha value is -4.67. The molecule has 4 aromatic carbocycles. The highest BCUT2D eigenvalue weighted by atomic mass is 35.5. The Balaban J connectivity index is 1.35. The van der Waals surface area contributed by atoms with Gasteiger partial charge in [-0.25, -0.2) is 13.8 Å². The van der Waals surface area contributed by atoms with Crippen molar-refractivity contribution in [3.8, 4) is 5.75 Å². The van der Waals surface area contributed by atoms with E-state index in [1.165, 1.54) is 24.4 Å². The van der Waals surface area contributed by atoms with Crippen LogP contribution in [0.15, 0.2) is 107 Å². The quantitative estimate of drug-likeness (QED) is 0.171. The van der Waals surface area contributed by atoms with E-state index in [1.54, 1.807) is 55.5 Å². The number of sulfonamides is 1. The molecule has 0 saturated carbocycles. The molecule has 0 radical (unpaired) electrons. The van der Waals surface area contributed by atoms with E-state index in [2.05, 4.69) is 15.8 Å². The molecule has 222 valence electrons. The molecular formula is C32H31ClN4O5S. The number of rotatable bonds is 12. The lowest BCUT2D eigenvalue weighted by Crippen LogP contribution is -2.40. The van der Waals surface area contributed by atoms with Gasteiger partial charge in [0.1, 0.15) is 12.3 Å². The van der Waals surface area contributed by atoms with Gasteiger partial charge in [-0.2, -0.15) is 5.10 Å². The van der Waals surface area contributed by atoms with Crippen LogP contribution >= 0.6 is 11.6 Å². The Kier molecular flexibility index (Phi) is 10.5. The van der Waals surface area contributed by atoms with Crippen molar-refractivity contribution >= 4 is 45.3 Å². The largest absolute Gasteiger partial charge is 0.484 e. The van der Waals surface area contributed by atoms with E-state index in [4.69, 9.17) is 16.3 Å². The molecule has 0 fully saturated rings. The number of hydrogen-bond acceptors (Lipinski definition) is 6. The second-order valence-corrected chi connectivity index (χ2v) is 12.0. The molecule has 0 bridgehead atoms. The predicted molar refractivity (Wildman–Crippen MR) is 168 cm³/mol. The third-order valence-electron chi connectivity index (χ3n) is 6.32. The molecule has 4 aromatic rings. The summed E-state index contributed by atoms with van der Waals surface area (Å²) in [5.41, 5.74) is 5.85. The van der Waals surface area contributed by atoms with Crippen LogP contribution in [0.5, 0.6) is 5.75 Å². The van der Waals surface area contributed by atoms with E-state index in [0.29, 0.717) is 28.4 Å². The first-order chi connectivity index (χ1) is 20.6. The Bertz CT molecular complexity index is 1690. The summed E-state index contributed by atoms with van der Waals surface area (Å²) in [5.74, 6) is -0.402. The number of nitrogens with one attached hydrogen (secondary N) is 2. The van der Waals surface area contributed by atoms with Gasteiger partial charge < -0.3 is 10.1 Å². The van der Waals surface area contributed by atoms with Crippen LogP contribution in [0.25, 0.3) is 0 Å². The molecule has 0 aromatic heterocycles. The third kappa shape index (κ3) is 8.91. The smallest absolute Gasteiger partial charge is 0.264 e. The van der Waals surface area contributed by atoms with Crippen LogP contribution < -0.4 is 19.8 Å². The first-order valence-electron chi connectivity index (χ1n) is 13.3. The van der Waals surface area contributed by atoms with Crippen molar-refractivity contribution in [3.63, 3.8) is 0 Å². The van der Waals surface area contributed by atoms with E-state index in [0.717, 1.165) is 15.4 Å². The fourth-order valence-electron chi connectivity index (χ4n) is 3.98. The zero-order chi connectivity index (χ0) is 30.8. The molecule has 0 unspecified atom stereocenters. The lowest BCUT2D eigenvalue weighted by molar-refractivity contribution is -0.123. The predicted octanol–water partition coefficient (Wildman–Crippen LogP) is 5.00. The maximum Gasteiger partial charge on any atom is 0.264 e. The van der Waals surface area contributed by atoms with Crippen LogP contribution in [0, 0.1) is 13.8 Å². The highest BCUT2D eigenvalue weighted by molar-refractivity contribution is 7.92. The minimum Gasteiger partial charge on any atom is -0.484 e. The lowest BCUT2D eigenvalue weighted by Gasteiger charge is -2.25. The molecule has 11 heteroatoms. The average molecular weight is 619 g/mol. The van der Waals surface area contributed by atoms with Crippen molar-refractivity contribution in [2.24, 2.45) is 5.10 Å². The highest BCUT2D eigenvalue weighted by Crippen LogP contribution is 2.29. The lowest BCUT2D eigenvalue weighted by atomic mass is 10.2.